The molecule has 0 N–H and O–H groups in total. The van der Waals surface area contributed by atoms with Crippen LogP contribution in [0.3, 0.4) is 0 Å². The zero-order valence-electron chi connectivity index (χ0n) is 40.8. The Balaban J connectivity index is 1.83. The molecule has 0 radical (unpaired) electrons. The number of benzene rings is 2. The standard InChI is InChI=1S/C47H78N2O18/c1-50-9-15-56-21-27-62-42-33-40(34-43(63-28-22-57-16-10-51-2)46(42)66-31-25-60-19-13-54-5)37-48-7-8-49(39-48)38-41-35-44(64-29-23-58-17-11-52-3)47(67-32-26-61-20-14-55-6)45(36-41)65-30-24-59-18-12-53-4/h7-8,33-36H,9-32,37-39H2,1-6H3. The van der Waals surface area contributed by atoms with Crippen LogP contribution >= 0.6 is 0 Å². The summed E-state index contributed by atoms with van der Waals surface area (Å²) in [7, 11) is 9.81. The molecular formula is C47H78N2O18. The topological polar surface area (TPSA) is 173 Å². The zero-order valence-corrected chi connectivity index (χ0v) is 40.8. The van der Waals surface area contributed by atoms with E-state index in [1.54, 1.807) is 42.7 Å². The number of hydrogen-bond acceptors (Lipinski definition) is 20. The number of hydrogen-bond donors (Lipinski definition) is 0. The van der Waals surface area contributed by atoms with Crippen LogP contribution in [0, 0.1) is 0 Å². The molecule has 2 aromatic carbocycles. The molecule has 3 rings (SSSR count). The molecule has 0 bridgehead atoms. The van der Waals surface area contributed by atoms with Gasteiger partial charge in [-0.05, 0) is 35.4 Å². The summed E-state index contributed by atoms with van der Waals surface area (Å²) in [5.41, 5.74) is 1.89. The normalized spacial score (nSPS) is 12.3. The molecule has 0 unspecified atom stereocenters. The molecule has 0 spiro atoms. The van der Waals surface area contributed by atoms with Gasteiger partial charge in [-0.1, -0.05) is 0 Å². The highest BCUT2D eigenvalue weighted by Gasteiger charge is 2.22. The van der Waals surface area contributed by atoms with Gasteiger partial charge < -0.3 is 95.1 Å². The maximum absolute atomic E-state index is 6.30. The summed E-state index contributed by atoms with van der Waals surface area (Å²) in [6.07, 6.45) is 4.11. The van der Waals surface area contributed by atoms with Gasteiger partial charge in [-0.15, -0.1) is 0 Å². The van der Waals surface area contributed by atoms with E-state index < -0.39 is 0 Å². The molecule has 1 aliphatic heterocycles. The van der Waals surface area contributed by atoms with Gasteiger partial charge in [0.05, 0.1) is 126 Å². The van der Waals surface area contributed by atoms with Gasteiger partial charge in [0.2, 0.25) is 11.5 Å². The Labute approximate surface area is 397 Å². The number of rotatable bonds is 46. The minimum absolute atomic E-state index is 0.272. The van der Waals surface area contributed by atoms with E-state index in [-0.39, 0.29) is 39.6 Å². The summed E-state index contributed by atoms with van der Waals surface area (Å²) in [4.78, 5) is 4.39. The second kappa shape index (κ2) is 39.0. The Morgan fingerprint density at radius 3 is 0.761 bits per heavy atom. The highest BCUT2D eigenvalue weighted by molar-refractivity contribution is 5.55. The maximum atomic E-state index is 6.30. The number of ether oxygens (including phenoxy) is 18. The molecule has 2 aromatic rings. The van der Waals surface area contributed by atoms with Gasteiger partial charge in [-0.3, -0.25) is 0 Å². The van der Waals surface area contributed by atoms with Crippen molar-refractivity contribution in [3.8, 4) is 34.5 Å². The molecule has 0 saturated carbocycles. The summed E-state index contributed by atoms with van der Waals surface area (Å²) in [5.74, 6) is 3.04. The Morgan fingerprint density at radius 2 is 0.522 bits per heavy atom. The molecule has 0 aromatic heterocycles. The lowest BCUT2D eigenvalue weighted by atomic mass is 10.1. The Kier molecular flexibility index (Phi) is 33.4. The third-order valence-electron chi connectivity index (χ3n) is 9.26. The van der Waals surface area contributed by atoms with Crippen LogP contribution in [0.5, 0.6) is 34.5 Å². The predicted octanol–water partition coefficient (Wildman–Crippen LogP) is 3.68. The first-order chi connectivity index (χ1) is 33.1. The van der Waals surface area contributed by atoms with Crippen molar-refractivity contribution in [1.82, 2.24) is 9.80 Å². The monoisotopic (exact) mass is 959 g/mol. The van der Waals surface area contributed by atoms with E-state index >= 15 is 0 Å². The molecule has 0 fully saturated rings. The van der Waals surface area contributed by atoms with Gasteiger partial charge in [-0.25, -0.2) is 0 Å². The fourth-order valence-corrected chi connectivity index (χ4v) is 6.06. The quantitative estimate of drug-likeness (QED) is 0.0879. The van der Waals surface area contributed by atoms with Gasteiger partial charge in [0.1, 0.15) is 39.6 Å². The van der Waals surface area contributed by atoms with E-state index in [1.807, 2.05) is 24.3 Å². The van der Waals surface area contributed by atoms with Gasteiger partial charge >= 0.3 is 0 Å². The average molecular weight is 959 g/mol. The minimum atomic E-state index is 0.272. The van der Waals surface area contributed by atoms with Crippen LogP contribution in [0.4, 0.5) is 0 Å². The summed E-state index contributed by atoms with van der Waals surface area (Å²) in [6, 6.07) is 7.89. The van der Waals surface area contributed by atoms with Crippen molar-refractivity contribution < 1.29 is 85.3 Å². The number of methoxy groups -OCH3 is 6. The first kappa shape index (κ1) is 57.4. The molecule has 1 aliphatic rings. The maximum Gasteiger partial charge on any atom is 0.203 e. The van der Waals surface area contributed by atoms with E-state index in [0.29, 0.717) is 173 Å². The highest BCUT2D eigenvalue weighted by Crippen LogP contribution is 2.41. The molecule has 384 valence electrons. The van der Waals surface area contributed by atoms with Gasteiger partial charge in [-0.2, -0.15) is 0 Å². The Hall–Kier alpha value is -3.90. The molecule has 20 heteroatoms. The van der Waals surface area contributed by atoms with Crippen LogP contribution in [0.1, 0.15) is 11.1 Å². The van der Waals surface area contributed by atoms with Crippen LogP contribution < -0.4 is 28.4 Å². The van der Waals surface area contributed by atoms with Crippen molar-refractivity contribution in [2.45, 2.75) is 13.1 Å². The summed E-state index contributed by atoms with van der Waals surface area (Å²) >= 11 is 0. The van der Waals surface area contributed by atoms with Crippen molar-refractivity contribution in [3.63, 3.8) is 0 Å². The van der Waals surface area contributed by atoms with Crippen LogP contribution in [0.2, 0.25) is 0 Å². The SMILES string of the molecule is COCCOCCOc1cc(CN2C=CN(Cc3cc(OCCOCCOC)c(OCCOCCOC)c(OCCOCCOC)c3)C2)cc(OCCOCCOC)c1OCCOCCOC. The van der Waals surface area contributed by atoms with Gasteiger partial charge in [0.25, 0.3) is 0 Å². The lowest BCUT2D eigenvalue weighted by Crippen LogP contribution is -2.25. The predicted molar refractivity (Wildman–Crippen MR) is 247 cm³/mol. The Morgan fingerprint density at radius 1 is 0.299 bits per heavy atom. The summed E-state index contributed by atoms with van der Waals surface area (Å²) in [6.45, 7) is 11.2. The number of nitrogens with zero attached hydrogens (tertiary/aromatic N) is 2. The summed E-state index contributed by atoms with van der Waals surface area (Å²) in [5, 5.41) is 0. The second-order valence-electron chi connectivity index (χ2n) is 14.5. The lowest BCUT2D eigenvalue weighted by molar-refractivity contribution is 0.0468. The molecule has 67 heavy (non-hydrogen) atoms. The first-order valence-corrected chi connectivity index (χ1v) is 22.7. The lowest BCUT2D eigenvalue weighted by Gasteiger charge is -2.24. The average Bonchev–Trinajstić information content (AvgIpc) is 3.77. The molecule has 0 amide bonds. The minimum Gasteiger partial charge on any atom is -0.487 e. The van der Waals surface area contributed by atoms with Crippen molar-refractivity contribution in [1.29, 1.82) is 0 Å². The third-order valence-corrected chi connectivity index (χ3v) is 9.26. The molecule has 1 heterocycles. The van der Waals surface area contributed by atoms with Crippen molar-refractivity contribution in [3.05, 3.63) is 47.8 Å². The van der Waals surface area contributed by atoms with Crippen molar-refractivity contribution in [2.24, 2.45) is 0 Å². The van der Waals surface area contributed by atoms with E-state index in [0.717, 1.165) is 11.1 Å². The fraction of sp³-hybridized carbons (Fsp3) is 0.702. The van der Waals surface area contributed by atoms with Crippen molar-refractivity contribution in [2.75, 3.05) is 208 Å². The molecule has 0 atom stereocenters. The third kappa shape index (κ3) is 25.9. The van der Waals surface area contributed by atoms with Gasteiger partial charge in [0.15, 0.2) is 23.0 Å². The smallest absolute Gasteiger partial charge is 0.203 e. The van der Waals surface area contributed by atoms with Crippen LogP contribution in [0.15, 0.2) is 36.7 Å². The van der Waals surface area contributed by atoms with E-state index in [4.69, 9.17) is 85.3 Å². The first-order valence-electron chi connectivity index (χ1n) is 22.7. The van der Waals surface area contributed by atoms with Crippen LogP contribution in [-0.2, 0) is 69.9 Å². The second-order valence-corrected chi connectivity index (χ2v) is 14.5. The van der Waals surface area contributed by atoms with Crippen molar-refractivity contribution >= 4 is 0 Å². The largest absolute Gasteiger partial charge is 0.487 e. The van der Waals surface area contributed by atoms with E-state index in [9.17, 15) is 0 Å². The summed E-state index contributed by atoms with van der Waals surface area (Å²) < 4.78 is 103. The molecule has 0 saturated heterocycles. The van der Waals surface area contributed by atoms with E-state index in [1.165, 1.54) is 0 Å². The fourth-order valence-electron chi connectivity index (χ4n) is 6.06. The highest BCUT2D eigenvalue weighted by atomic mass is 16.6. The zero-order chi connectivity index (χ0) is 47.8. The van der Waals surface area contributed by atoms with E-state index in [2.05, 4.69) is 22.2 Å². The molecule has 0 aliphatic carbocycles. The van der Waals surface area contributed by atoms with Crippen LogP contribution in [0.25, 0.3) is 0 Å². The Bertz CT molecular complexity index is 1360. The van der Waals surface area contributed by atoms with Gasteiger partial charge in [0, 0.05) is 68.1 Å². The van der Waals surface area contributed by atoms with Crippen LogP contribution in [-0.4, -0.2) is 218 Å². The molecular weight excluding hydrogens is 881 g/mol. The molecule has 20 nitrogen and oxygen atoms in total.